The summed E-state index contributed by atoms with van der Waals surface area (Å²) in [6.45, 7) is 2.65. The molecule has 1 aromatic heterocycles. The Bertz CT molecular complexity index is 1210. The Hall–Kier alpha value is -3.73. The van der Waals surface area contributed by atoms with Crippen LogP contribution in [-0.2, 0) is 17.8 Å². The second-order valence-corrected chi connectivity index (χ2v) is 8.10. The van der Waals surface area contributed by atoms with Crippen LogP contribution in [0.1, 0.15) is 41.5 Å². The van der Waals surface area contributed by atoms with Gasteiger partial charge in [0.25, 0.3) is 0 Å². The third-order valence-corrected chi connectivity index (χ3v) is 6.09. The summed E-state index contributed by atoms with van der Waals surface area (Å²) in [5.41, 5.74) is 5.52. The largest absolute Gasteiger partial charge is 0.497 e. The number of ether oxygens (including phenoxy) is 2. The topological polar surface area (TPSA) is 63.4 Å². The molecule has 4 rings (SSSR count). The lowest BCUT2D eigenvalue weighted by atomic mass is 9.87. The maximum atomic E-state index is 13.1. The Labute approximate surface area is 194 Å². The van der Waals surface area contributed by atoms with E-state index in [1.807, 2.05) is 54.7 Å². The number of aryl methyl sites for hydroxylation is 1. The molecule has 170 valence electrons. The van der Waals surface area contributed by atoms with Gasteiger partial charge < -0.3 is 19.8 Å². The molecule has 5 heteroatoms. The zero-order valence-corrected chi connectivity index (χ0v) is 19.4. The number of rotatable bonds is 9. The van der Waals surface area contributed by atoms with Crippen molar-refractivity contribution in [2.45, 2.75) is 32.2 Å². The highest BCUT2D eigenvalue weighted by molar-refractivity contribution is 5.88. The summed E-state index contributed by atoms with van der Waals surface area (Å²) in [7, 11) is 3.28. The fourth-order valence-corrected chi connectivity index (χ4v) is 4.31. The van der Waals surface area contributed by atoms with E-state index in [9.17, 15) is 4.79 Å². The predicted octanol–water partition coefficient (Wildman–Crippen LogP) is 5.59. The Morgan fingerprint density at radius 1 is 0.970 bits per heavy atom. The second kappa shape index (κ2) is 10.3. The van der Waals surface area contributed by atoms with Gasteiger partial charge in [-0.1, -0.05) is 55.5 Å². The molecule has 0 aliphatic heterocycles. The number of aromatic nitrogens is 1. The van der Waals surface area contributed by atoms with E-state index in [1.165, 1.54) is 5.56 Å². The summed E-state index contributed by atoms with van der Waals surface area (Å²) < 4.78 is 11.0. The van der Waals surface area contributed by atoms with Crippen molar-refractivity contribution in [1.82, 2.24) is 10.3 Å². The van der Waals surface area contributed by atoms with Crippen molar-refractivity contribution in [1.29, 1.82) is 0 Å². The van der Waals surface area contributed by atoms with E-state index in [-0.39, 0.29) is 11.8 Å². The molecule has 4 aromatic rings. The summed E-state index contributed by atoms with van der Waals surface area (Å²) in [5, 5.41) is 4.21. The quantitative estimate of drug-likeness (QED) is 0.355. The van der Waals surface area contributed by atoms with Crippen LogP contribution in [0.3, 0.4) is 0 Å². The van der Waals surface area contributed by atoms with Gasteiger partial charge in [-0.2, -0.15) is 0 Å². The summed E-state index contributed by atoms with van der Waals surface area (Å²) in [5.74, 6) is 1.23. The monoisotopic (exact) mass is 442 g/mol. The van der Waals surface area contributed by atoms with E-state index in [0.29, 0.717) is 24.5 Å². The van der Waals surface area contributed by atoms with Crippen LogP contribution in [0.25, 0.3) is 10.9 Å². The third-order valence-electron chi connectivity index (χ3n) is 6.09. The molecule has 1 unspecified atom stereocenters. The summed E-state index contributed by atoms with van der Waals surface area (Å²) in [6, 6.07) is 22.1. The highest BCUT2D eigenvalue weighted by atomic mass is 16.5. The minimum atomic E-state index is -0.161. The summed E-state index contributed by atoms with van der Waals surface area (Å²) >= 11 is 0. The zero-order valence-electron chi connectivity index (χ0n) is 19.4. The Kier molecular flexibility index (Phi) is 6.98. The van der Waals surface area contributed by atoms with E-state index in [0.717, 1.165) is 34.0 Å². The van der Waals surface area contributed by atoms with Crippen LogP contribution in [-0.4, -0.2) is 25.1 Å². The smallest absolute Gasteiger partial charge is 0.221 e. The lowest BCUT2D eigenvalue weighted by Crippen LogP contribution is -2.25. The normalized spacial score (nSPS) is 11.8. The average molecular weight is 443 g/mol. The van der Waals surface area contributed by atoms with Crippen LogP contribution in [0, 0.1) is 0 Å². The van der Waals surface area contributed by atoms with Gasteiger partial charge in [0.15, 0.2) is 0 Å². The zero-order chi connectivity index (χ0) is 23.2. The predicted molar refractivity (Wildman–Crippen MR) is 132 cm³/mol. The average Bonchev–Trinajstić information content (AvgIpc) is 3.30. The summed E-state index contributed by atoms with van der Waals surface area (Å²) in [4.78, 5) is 16.5. The number of nitrogens with one attached hydrogen (secondary N) is 2. The highest BCUT2D eigenvalue weighted by Crippen LogP contribution is 2.37. The van der Waals surface area contributed by atoms with E-state index >= 15 is 0 Å². The molecule has 3 aromatic carbocycles. The first-order chi connectivity index (χ1) is 16.1. The molecular weight excluding hydrogens is 412 g/mol. The number of H-pyrrole nitrogens is 1. The first-order valence-electron chi connectivity index (χ1n) is 11.2. The van der Waals surface area contributed by atoms with Crippen molar-refractivity contribution in [2.75, 3.05) is 14.2 Å². The Balaban J connectivity index is 1.71. The number of benzene rings is 3. The van der Waals surface area contributed by atoms with Crippen molar-refractivity contribution < 1.29 is 14.3 Å². The van der Waals surface area contributed by atoms with E-state index in [2.05, 4.69) is 35.4 Å². The van der Waals surface area contributed by atoms with Crippen molar-refractivity contribution in [3.05, 3.63) is 95.2 Å². The number of aromatic amines is 1. The molecule has 0 radical (unpaired) electrons. The maximum absolute atomic E-state index is 13.1. The lowest BCUT2D eigenvalue weighted by Gasteiger charge is -2.19. The Morgan fingerprint density at radius 2 is 1.70 bits per heavy atom. The van der Waals surface area contributed by atoms with Crippen LogP contribution >= 0.6 is 0 Å². The van der Waals surface area contributed by atoms with Crippen LogP contribution < -0.4 is 14.8 Å². The van der Waals surface area contributed by atoms with Crippen LogP contribution in [0.2, 0.25) is 0 Å². The molecule has 0 aliphatic rings. The van der Waals surface area contributed by atoms with Crippen molar-refractivity contribution >= 4 is 16.8 Å². The minimum Gasteiger partial charge on any atom is -0.497 e. The van der Waals surface area contributed by atoms with Crippen molar-refractivity contribution in [3.63, 3.8) is 0 Å². The number of fused-ring (bicyclic) bond motifs is 1. The molecule has 0 spiro atoms. The number of hydrogen-bond acceptors (Lipinski definition) is 3. The van der Waals surface area contributed by atoms with Gasteiger partial charge in [-0.25, -0.2) is 0 Å². The van der Waals surface area contributed by atoms with Crippen molar-refractivity contribution in [3.8, 4) is 11.5 Å². The van der Waals surface area contributed by atoms with Gasteiger partial charge in [0, 0.05) is 42.0 Å². The molecule has 1 heterocycles. The van der Waals surface area contributed by atoms with Gasteiger partial charge in [-0.05, 0) is 40.8 Å². The summed E-state index contributed by atoms with van der Waals surface area (Å²) in [6.07, 6.45) is 3.28. The lowest BCUT2D eigenvalue weighted by molar-refractivity contribution is -0.121. The number of hydrogen-bond donors (Lipinski definition) is 2. The number of carbonyl (C=O) groups is 1. The SMILES string of the molecule is CCc1cccc2c(C(CC(=O)NCc3ccccc3)c3cc(OC)cc(OC)c3)c[nH]c12. The van der Waals surface area contributed by atoms with E-state index in [4.69, 9.17) is 9.47 Å². The van der Waals surface area contributed by atoms with Crippen LogP contribution in [0.15, 0.2) is 72.9 Å². The fourth-order valence-electron chi connectivity index (χ4n) is 4.31. The van der Waals surface area contributed by atoms with Crippen molar-refractivity contribution in [2.24, 2.45) is 0 Å². The number of carbonyl (C=O) groups excluding carboxylic acids is 1. The fraction of sp³-hybridized carbons (Fsp3) is 0.250. The molecule has 1 atom stereocenters. The molecule has 0 aliphatic carbocycles. The van der Waals surface area contributed by atoms with Gasteiger partial charge in [-0.15, -0.1) is 0 Å². The molecule has 33 heavy (non-hydrogen) atoms. The minimum absolute atomic E-state index is 0.00774. The molecule has 0 saturated carbocycles. The first-order valence-corrected chi connectivity index (χ1v) is 11.2. The molecule has 2 N–H and O–H groups in total. The van der Waals surface area contributed by atoms with Gasteiger partial charge in [-0.3, -0.25) is 4.79 Å². The number of para-hydroxylation sites is 1. The van der Waals surface area contributed by atoms with Gasteiger partial charge in [0.05, 0.1) is 14.2 Å². The highest BCUT2D eigenvalue weighted by Gasteiger charge is 2.23. The first kappa shape index (κ1) is 22.5. The number of methoxy groups -OCH3 is 2. The van der Waals surface area contributed by atoms with Gasteiger partial charge in [0.1, 0.15) is 11.5 Å². The van der Waals surface area contributed by atoms with Crippen LogP contribution in [0.4, 0.5) is 0 Å². The number of amides is 1. The molecule has 1 amide bonds. The molecule has 0 saturated heterocycles. The molecule has 0 bridgehead atoms. The maximum Gasteiger partial charge on any atom is 0.221 e. The third kappa shape index (κ3) is 5.03. The second-order valence-electron chi connectivity index (χ2n) is 8.10. The molecule has 5 nitrogen and oxygen atoms in total. The molecular formula is C28H30N2O3. The standard InChI is InChI=1S/C28H30N2O3/c1-4-20-11-8-12-24-26(18-30-28(20)24)25(21-13-22(32-2)15-23(14-21)33-3)16-27(31)29-17-19-9-6-5-7-10-19/h5-15,18,25,30H,4,16-17H2,1-3H3,(H,29,31). The van der Waals surface area contributed by atoms with E-state index < -0.39 is 0 Å². The Morgan fingerprint density at radius 3 is 2.36 bits per heavy atom. The van der Waals surface area contributed by atoms with Gasteiger partial charge >= 0.3 is 0 Å². The van der Waals surface area contributed by atoms with Crippen LogP contribution in [0.5, 0.6) is 11.5 Å². The molecule has 0 fully saturated rings. The van der Waals surface area contributed by atoms with Gasteiger partial charge in [0.2, 0.25) is 5.91 Å². The van der Waals surface area contributed by atoms with E-state index in [1.54, 1.807) is 14.2 Å².